The fourth-order valence-corrected chi connectivity index (χ4v) is 0.298. The van der Waals surface area contributed by atoms with Gasteiger partial charge in [-0.25, -0.2) is 0 Å². The second-order valence-electron chi connectivity index (χ2n) is 2.11. The second-order valence-corrected chi connectivity index (χ2v) is 2.11. The van der Waals surface area contributed by atoms with Crippen LogP contribution in [0.1, 0.15) is 20.8 Å². The van der Waals surface area contributed by atoms with Crippen molar-refractivity contribution < 1.29 is 4.84 Å². The van der Waals surface area contributed by atoms with Crippen LogP contribution in [0.3, 0.4) is 0 Å². The Morgan fingerprint density at radius 2 is 2.25 bits per heavy atom. The molecule has 0 rings (SSSR count). The van der Waals surface area contributed by atoms with Crippen LogP contribution in [0.5, 0.6) is 0 Å². The van der Waals surface area contributed by atoms with E-state index in [9.17, 15) is 0 Å². The third-order valence-electron chi connectivity index (χ3n) is 0.618. The largest absolute Gasteiger partial charge is 0.301 e. The standard InChI is InChI=1S/C6H14NO/c1-4-7-8-5-6(2)3/h4,6-7H,5H2,1-3H3. The van der Waals surface area contributed by atoms with Gasteiger partial charge in [0.05, 0.1) is 6.61 Å². The molecule has 0 aliphatic heterocycles. The van der Waals surface area contributed by atoms with Gasteiger partial charge in [0, 0.05) is 6.54 Å². The Morgan fingerprint density at radius 1 is 1.62 bits per heavy atom. The van der Waals surface area contributed by atoms with Crippen LogP contribution in [0, 0.1) is 12.5 Å². The summed E-state index contributed by atoms with van der Waals surface area (Å²) in [5.41, 5.74) is 2.65. The molecule has 0 saturated carbocycles. The van der Waals surface area contributed by atoms with Crippen LogP contribution in [0.2, 0.25) is 0 Å². The first kappa shape index (κ1) is 7.92. The molecule has 0 aromatic rings. The lowest BCUT2D eigenvalue weighted by molar-refractivity contribution is 0.0413. The van der Waals surface area contributed by atoms with Crippen molar-refractivity contribution in [2.24, 2.45) is 5.92 Å². The summed E-state index contributed by atoms with van der Waals surface area (Å²) in [6.45, 7) is 8.64. The lowest BCUT2D eigenvalue weighted by atomic mass is 10.2. The number of hydroxylamine groups is 1. The maximum atomic E-state index is 4.94. The van der Waals surface area contributed by atoms with Gasteiger partial charge in [-0.2, -0.15) is 5.48 Å². The van der Waals surface area contributed by atoms with Crippen molar-refractivity contribution in [3.63, 3.8) is 0 Å². The molecule has 0 spiro atoms. The fraction of sp³-hybridized carbons (Fsp3) is 0.833. The van der Waals surface area contributed by atoms with E-state index in [4.69, 9.17) is 4.84 Å². The Kier molecular flexibility index (Phi) is 5.01. The monoisotopic (exact) mass is 116 g/mol. The molecule has 0 aromatic carbocycles. The van der Waals surface area contributed by atoms with E-state index in [0.29, 0.717) is 5.92 Å². The van der Waals surface area contributed by atoms with Crippen molar-refractivity contribution in [2.45, 2.75) is 20.8 Å². The van der Waals surface area contributed by atoms with Gasteiger partial charge in [0.2, 0.25) is 0 Å². The van der Waals surface area contributed by atoms with Gasteiger partial charge >= 0.3 is 0 Å². The molecule has 0 unspecified atom stereocenters. The topological polar surface area (TPSA) is 21.3 Å². The van der Waals surface area contributed by atoms with Crippen LogP contribution in [-0.2, 0) is 4.84 Å². The Hall–Kier alpha value is -0.0800. The van der Waals surface area contributed by atoms with Crippen molar-refractivity contribution >= 4 is 0 Å². The highest BCUT2D eigenvalue weighted by atomic mass is 16.6. The summed E-state index contributed by atoms with van der Waals surface area (Å²) in [6.07, 6.45) is 0. The first-order valence-electron chi connectivity index (χ1n) is 2.92. The molecule has 0 aromatic heterocycles. The van der Waals surface area contributed by atoms with Gasteiger partial charge in [-0.15, -0.1) is 0 Å². The summed E-state index contributed by atoms with van der Waals surface area (Å²) >= 11 is 0. The van der Waals surface area contributed by atoms with E-state index in [1.54, 1.807) is 6.54 Å². The van der Waals surface area contributed by atoms with Gasteiger partial charge < -0.3 is 4.84 Å². The van der Waals surface area contributed by atoms with Gasteiger partial charge in [0.1, 0.15) is 0 Å². The Morgan fingerprint density at radius 3 is 2.62 bits per heavy atom. The van der Waals surface area contributed by atoms with Crippen LogP contribution in [0.25, 0.3) is 0 Å². The summed E-state index contributed by atoms with van der Waals surface area (Å²) in [4.78, 5) is 4.94. The number of nitrogens with one attached hydrogen (secondary N) is 1. The molecule has 0 heterocycles. The zero-order valence-electron chi connectivity index (χ0n) is 5.77. The predicted octanol–water partition coefficient (Wildman–Crippen LogP) is 1.35. The molecule has 49 valence electrons. The van der Waals surface area contributed by atoms with E-state index in [-0.39, 0.29) is 0 Å². The highest BCUT2D eigenvalue weighted by molar-refractivity contribution is 4.41. The number of rotatable bonds is 4. The van der Waals surface area contributed by atoms with Gasteiger partial charge in [-0.3, -0.25) is 0 Å². The molecule has 0 aliphatic rings. The van der Waals surface area contributed by atoms with Gasteiger partial charge in [-0.05, 0) is 12.8 Å². The lowest BCUT2D eigenvalue weighted by Gasteiger charge is -2.03. The van der Waals surface area contributed by atoms with E-state index in [2.05, 4.69) is 19.3 Å². The van der Waals surface area contributed by atoms with E-state index >= 15 is 0 Å². The molecule has 2 nitrogen and oxygen atoms in total. The highest BCUT2D eigenvalue weighted by Crippen LogP contribution is 1.89. The average molecular weight is 116 g/mol. The van der Waals surface area contributed by atoms with Crippen molar-refractivity contribution in [1.82, 2.24) is 5.48 Å². The summed E-state index contributed by atoms with van der Waals surface area (Å²) < 4.78 is 0. The van der Waals surface area contributed by atoms with Crippen LogP contribution >= 0.6 is 0 Å². The van der Waals surface area contributed by atoms with Gasteiger partial charge in [-0.1, -0.05) is 13.8 Å². The molecular formula is C6H14NO. The molecule has 0 saturated heterocycles. The number of hydrogen-bond donors (Lipinski definition) is 1. The van der Waals surface area contributed by atoms with Crippen LogP contribution in [0.4, 0.5) is 0 Å². The minimum atomic E-state index is 0.599. The Labute approximate surface area is 51.2 Å². The van der Waals surface area contributed by atoms with E-state index in [1.165, 1.54) is 0 Å². The van der Waals surface area contributed by atoms with Gasteiger partial charge in [0.15, 0.2) is 0 Å². The van der Waals surface area contributed by atoms with Crippen molar-refractivity contribution in [3.8, 4) is 0 Å². The molecule has 1 radical (unpaired) electrons. The van der Waals surface area contributed by atoms with Crippen LogP contribution in [0.15, 0.2) is 0 Å². The molecule has 0 amide bonds. The lowest BCUT2D eigenvalue weighted by Crippen LogP contribution is -2.13. The third-order valence-corrected chi connectivity index (χ3v) is 0.618. The first-order valence-corrected chi connectivity index (χ1v) is 2.92. The second kappa shape index (κ2) is 5.06. The van der Waals surface area contributed by atoms with Crippen molar-refractivity contribution in [3.05, 3.63) is 6.54 Å². The zero-order chi connectivity index (χ0) is 6.41. The Balaban J connectivity index is 2.72. The molecule has 8 heavy (non-hydrogen) atoms. The summed E-state index contributed by atoms with van der Waals surface area (Å²) in [6, 6.07) is 0. The molecule has 0 fully saturated rings. The molecule has 0 aliphatic carbocycles. The smallest absolute Gasteiger partial charge is 0.0705 e. The minimum Gasteiger partial charge on any atom is -0.301 e. The van der Waals surface area contributed by atoms with E-state index < -0.39 is 0 Å². The third kappa shape index (κ3) is 5.92. The minimum absolute atomic E-state index is 0.599. The molecule has 2 heteroatoms. The predicted molar refractivity (Wildman–Crippen MR) is 33.9 cm³/mol. The molecule has 0 bridgehead atoms. The average Bonchev–Trinajstić information content (AvgIpc) is 1.66. The maximum absolute atomic E-state index is 4.94. The van der Waals surface area contributed by atoms with E-state index in [0.717, 1.165) is 6.61 Å². The number of hydrogen-bond acceptors (Lipinski definition) is 2. The van der Waals surface area contributed by atoms with Crippen LogP contribution in [-0.4, -0.2) is 6.61 Å². The maximum Gasteiger partial charge on any atom is 0.0705 e. The molecule has 1 N–H and O–H groups in total. The zero-order valence-corrected chi connectivity index (χ0v) is 5.77. The quantitative estimate of drug-likeness (QED) is 0.442. The highest BCUT2D eigenvalue weighted by Gasteiger charge is 1.89. The fourth-order valence-electron chi connectivity index (χ4n) is 0.298. The van der Waals surface area contributed by atoms with E-state index in [1.807, 2.05) is 6.92 Å². The summed E-state index contributed by atoms with van der Waals surface area (Å²) in [5, 5.41) is 0. The van der Waals surface area contributed by atoms with Crippen molar-refractivity contribution in [2.75, 3.05) is 6.61 Å². The first-order chi connectivity index (χ1) is 3.77. The van der Waals surface area contributed by atoms with Crippen molar-refractivity contribution in [1.29, 1.82) is 0 Å². The molecular weight excluding hydrogens is 102 g/mol. The van der Waals surface area contributed by atoms with Crippen LogP contribution < -0.4 is 5.48 Å². The summed E-state index contributed by atoms with van der Waals surface area (Å²) in [7, 11) is 0. The normalized spacial score (nSPS) is 10.5. The molecule has 0 atom stereocenters. The Bertz CT molecular complexity index is 45.8. The SMILES string of the molecule is C[CH]NOCC(C)C. The summed E-state index contributed by atoms with van der Waals surface area (Å²) in [5.74, 6) is 0.599. The van der Waals surface area contributed by atoms with Gasteiger partial charge in [0.25, 0.3) is 0 Å².